The maximum atomic E-state index is 5.41. The fourth-order valence-electron chi connectivity index (χ4n) is 3.39. The Morgan fingerprint density at radius 1 is 1.36 bits per heavy atom. The van der Waals surface area contributed by atoms with Crippen LogP contribution in [0, 0.1) is 17.8 Å². The highest BCUT2D eigenvalue weighted by molar-refractivity contribution is 5.75. The van der Waals surface area contributed by atoms with Crippen LogP contribution in [0.25, 0.3) is 0 Å². The van der Waals surface area contributed by atoms with Crippen molar-refractivity contribution in [1.82, 2.24) is 5.32 Å². The highest BCUT2D eigenvalue weighted by atomic mass is 16.5. The number of nitrogens with one attached hydrogen (secondary N) is 1. The van der Waals surface area contributed by atoms with E-state index in [1.807, 2.05) is 0 Å². The van der Waals surface area contributed by atoms with Crippen molar-refractivity contribution in [1.29, 1.82) is 0 Å². The molecule has 3 aliphatic rings. The third-order valence-corrected chi connectivity index (χ3v) is 4.21. The topological polar surface area (TPSA) is 33.6 Å². The van der Waals surface area contributed by atoms with E-state index < -0.39 is 0 Å². The molecule has 0 radical (unpaired) electrons. The van der Waals surface area contributed by atoms with Gasteiger partial charge in [0, 0.05) is 6.04 Å². The van der Waals surface area contributed by atoms with E-state index in [4.69, 9.17) is 4.74 Å². The molecule has 2 fully saturated rings. The molecule has 3 heteroatoms. The molecular weight excluding hydrogens is 176 g/mol. The molecule has 2 aliphatic carbocycles. The molecule has 2 bridgehead atoms. The van der Waals surface area contributed by atoms with Gasteiger partial charge in [0.2, 0.25) is 0 Å². The molecular formula is C11H18N2O. The lowest BCUT2D eigenvalue weighted by Gasteiger charge is -2.29. The van der Waals surface area contributed by atoms with Gasteiger partial charge < -0.3 is 10.1 Å². The van der Waals surface area contributed by atoms with Crippen molar-refractivity contribution >= 4 is 6.02 Å². The quantitative estimate of drug-likeness (QED) is 0.684. The first-order valence-corrected chi connectivity index (χ1v) is 5.78. The summed E-state index contributed by atoms with van der Waals surface area (Å²) in [6.07, 6.45) is 4.27. The monoisotopic (exact) mass is 194 g/mol. The fourth-order valence-corrected chi connectivity index (χ4v) is 3.39. The van der Waals surface area contributed by atoms with E-state index in [9.17, 15) is 0 Å². The van der Waals surface area contributed by atoms with Crippen molar-refractivity contribution in [2.75, 3.05) is 13.2 Å². The van der Waals surface area contributed by atoms with Crippen molar-refractivity contribution in [2.45, 2.75) is 32.2 Å². The van der Waals surface area contributed by atoms with E-state index in [0.717, 1.165) is 36.9 Å². The van der Waals surface area contributed by atoms with Crippen LogP contribution in [0.1, 0.15) is 26.2 Å². The SMILES string of the molecule is CC1C2CCC(C2)C1NC1=NCCO1. The van der Waals surface area contributed by atoms with Gasteiger partial charge in [0.15, 0.2) is 0 Å². The maximum Gasteiger partial charge on any atom is 0.285 e. The van der Waals surface area contributed by atoms with Crippen LogP contribution in [0.3, 0.4) is 0 Å². The summed E-state index contributed by atoms with van der Waals surface area (Å²) in [5, 5.41) is 3.49. The number of hydrogen-bond acceptors (Lipinski definition) is 3. The molecule has 1 heterocycles. The highest BCUT2D eigenvalue weighted by Gasteiger charge is 2.45. The van der Waals surface area contributed by atoms with Gasteiger partial charge in [0.1, 0.15) is 6.61 Å². The van der Waals surface area contributed by atoms with Gasteiger partial charge in [-0.15, -0.1) is 0 Å². The Kier molecular flexibility index (Phi) is 1.92. The minimum Gasteiger partial charge on any atom is -0.463 e. The molecule has 3 rings (SSSR count). The van der Waals surface area contributed by atoms with Crippen LogP contribution in [0.2, 0.25) is 0 Å². The Balaban J connectivity index is 1.67. The third-order valence-electron chi connectivity index (χ3n) is 4.21. The summed E-state index contributed by atoms with van der Waals surface area (Å²) in [6, 6.07) is 1.43. The van der Waals surface area contributed by atoms with Gasteiger partial charge in [-0.25, -0.2) is 4.99 Å². The van der Waals surface area contributed by atoms with Gasteiger partial charge in [-0.05, 0) is 37.0 Å². The molecule has 0 saturated heterocycles. The van der Waals surface area contributed by atoms with E-state index in [1.54, 1.807) is 0 Å². The standard InChI is InChI=1S/C11H18N2O/c1-7-8-2-3-9(6-8)10(7)13-11-12-4-5-14-11/h7-10H,2-6H2,1H3,(H,12,13). The lowest BCUT2D eigenvalue weighted by Crippen LogP contribution is -2.43. The Morgan fingerprint density at radius 3 is 2.86 bits per heavy atom. The van der Waals surface area contributed by atoms with E-state index in [2.05, 4.69) is 17.2 Å². The number of amidine groups is 1. The van der Waals surface area contributed by atoms with Crippen LogP contribution in [-0.4, -0.2) is 25.2 Å². The molecule has 78 valence electrons. The summed E-state index contributed by atoms with van der Waals surface area (Å²) < 4.78 is 5.41. The first-order valence-electron chi connectivity index (χ1n) is 5.78. The second-order valence-electron chi connectivity index (χ2n) is 4.90. The number of nitrogens with zero attached hydrogens (tertiary/aromatic N) is 1. The average Bonchev–Trinajstić information content (AvgIpc) is 2.87. The van der Waals surface area contributed by atoms with Crippen molar-refractivity contribution in [2.24, 2.45) is 22.7 Å². The smallest absolute Gasteiger partial charge is 0.285 e. The van der Waals surface area contributed by atoms with Crippen molar-refractivity contribution in [3.63, 3.8) is 0 Å². The molecule has 0 aromatic heterocycles. The first-order chi connectivity index (χ1) is 6.84. The Hall–Kier alpha value is -0.730. The molecule has 0 aromatic carbocycles. The van der Waals surface area contributed by atoms with Gasteiger partial charge >= 0.3 is 0 Å². The fraction of sp³-hybridized carbons (Fsp3) is 0.909. The van der Waals surface area contributed by atoms with Gasteiger partial charge in [-0.3, -0.25) is 0 Å². The first kappa shape index (κ1) is 8.57. The van der Waals surface area contributed by atoms with E-state index >= 15 is 0 Å². The molecule has 0 amide bonds. The Morgan fingerprint density at radius 2 is 2.21 bits per heavy atom. The number of aliphatic imine (C=N–C) groups is 1. The van der Waals surface area contributed by atoms with Crippen molar-refractivity contribution < 1.29 is 4.74 Å². The minimum absolute atomic E-state index is 0.630. The molecule has 1 aliphatic heterocycles. The summed E-state index contributed by atoms with van der Waals surface area (Å²) in [5.41, 5.74) is 0. The second kappa shape index (κ2) is 3.14. The zero-order valence-corrected chi connectivity index (χ0v) is 8.70. The second-order valence-corrected chi connectivity index (χ2v) is 4.90. The average molecular weight is 194 g/mol. The van der Waals surface area contributed by atoms with Crippen molar-refractivity contribution in [3.05, 3.63) is 0 Å². The number of ether oxygens (including phenoxy) is 1. The molecule has 0 spiro atoms. The predicted molar refractivity (Wildman–Crippen MR) is 55.2 cm³/mol. The Bertz CT molecular complexity index is 262. The molecule has 0 aromatic rings. The zero-order valence-electron chi connectivity index (χ0n) is 8.70. The summed E-state index contributed by atoms with van der Waals surface area (Å²) in [7, 11) is 0. The summed E-state index contributed by atoms with van der Waals surface area (Å²) in [4.78, 5) is 4.30. The summed E-state index contributed by atoms with van der Waals surface area (Å²) in [6.45, 7) is 3.96. The van der Waals surface area contributed by atoms with Gasteiger partial charge in [0.25, 0.3) is 6.02 Å². The largest absolute Gasteiger partial charge is 0.463 e. The lowest BCUT2D eigenvalue weighted by atomic mass is 9.86. The zero-order chi connectivity index (χ0) is 9.54. The van der Waals surface area contributed by atoms with E-state index in [-0.39, 0.29) is 0 Å². The summed E-state index contributed by atoms with van der Waals surface area (Å²) >= 11 is 0. The molecule has 3 nitrogen and oxygen atoms in total. The molecule has 4 atom stereocenters. The van der Waals surface area contributed by atoms with Crippen LogP contribution in [0.15, 0.2) is 4.99 Å². The van der Waals surface area contributed by atoms with E-state index in [0.29, 0.717) is 6.04 Å². The van der Waals surface area contributed by atoms with Crippen LogP contribution < -0.4 is 5.32 Å². The normalized spacial score (nSPS) is 45.1. The molecule has 1 N–H and O–H groups in total. The van der Waals surface area contributed by atoms with Gasteiger partial charge in [-0.2, -0.15) is 0 Å². The third kappa shape index (κ3) is 1.22. The number of fused-ring (bicyclic) bond motifs is 2. The van der Waals surface area contributed by atoms with Crippen molar-refractivity contribution in [3.8, 4) is 0 Å². The predicted octanol–water partition coefficient (Wildman–Crippen LogP) is 1.40. The highest BCUT2D eigenvalue weighted by Crippen LogP contribution is 2.48. The molecule has 2 saturated carbocycles. The van der Waals surface area contributed by atoms with Crippen LogP contribution in [-0.2, 0) is 4.74 Å². The van der Waals surface area contributed by atoms with Gasteiger partial charge in [-0.1, -0.05) is 6.92 Å². The van der Waals surface area contributed by atoms with Gasteiger partial charge in [0.05, 0.1) is 6.54 Å². The van der Waals surface area contributed by atoms with Crippen LogP contribution in [0.5, 0.6) is 0 Å². The van der Waals surface area contributed by atoms with E-state index in [1.165, 1.54) is 19.3 Å². The number of hydrogen-bond donors (Lipinski definition) is 1. The Labute approximate surface area is 84.9 Å². The molecule has 4 unspecified atom stereocenters. The summed E-state index contributed by atoms with van der Waals surface area (Å²) in [5.74, 6) is 2.64. The van der Waals surface area contributed by atoms with Crippen LogP contribution in [0.4, 0.5) is 0 Å². The lowest BCUT2D eigenvalue weighted by molar-refractivity contribution is 0.262. The number of rotatable bonds is 1. The maximum absolute atomic E-state index is 5.41. The van der Waals surface area contributed by atoms with Crippen LogP contribution >= 0.6 is 0 Å². The minimum atomic E-state index is 0.630. The molecule has 14 heavy (non-hydrogen) atoms.